The summed E-state index contributed by atoms with van der Waals surface area (Å²) in [5.74, 6) is 0. The van der Waals surface area contributed by atoms with Crippen LogP contribution in [0.1, 0.15) is 31.4 Å². The van der Waals surface area contributed by atoms with Crippen molar-refractivity contribution in [1.29, 1.82) is 0 Å². The number of rotatable bonds is 3. The molecule has 0 spiro atoms. The van der Waals surface area contributed by atoms with Gasteiger partial charge < -0.3 is 5.73 Å². The van der Waals surface area contributed by atoms with Crippen molar-refractivity contribution in [3.63, 3.8) is 0 Å². The number of pyridine rings is 1. The Morgan fingerprint density at radius 2 is 2.15 bits per heavy atom. The van der Waals surface area contributed by atoms with Gasteiger partial charge in [0.15, 0.2) is 0 Å². The van der Waals surface area contributed by atoms with Crippen LogP contribution in [0, 0.1) is 0 Å². The first-order valence-electron chi connectivity index (χ1n) is 4.22. The number of hydrogen-bond donors (Lipinski definition) is 1. The second-order valence-electron chi connectivity index (χ2n) is 2.91. The van der Waals surface area contributed by atoms with Crippen LogP contribution < -0.4 is 5.73 Å². The lowest BCUT2D eigenvalue weighted by Gasteiger charge is -2.11. The Morgan fingerprint density at radius 1 is 1.46 bits per heavy atom. The first-order valence-corrected chi connectivity index (χ1v) is 4.98. The van der Waals surface area contributed by atoms with Crippen LogP contribution in [0.2, 0.25) is 10.3 Å². The molecule has 0 radical (unpaired) electrons. The molecule has 0 bridgehead atoms. The van der Waals surface area contributed by atoms with E-state index >= 15 is 0 Å². The van der Waals surface area contributed by atoms with E-state index in [-0.39, 0.29) is 6.04 Å². The lowest BCUT2D eigenvalue weighted by Crippen LogP contribution is -2.10. The summed E-state index contributed by atoms with van der Waals surface area (Å²) in [6.07, 6.45) is 1.93. The third-order valence-corrected chi connectivity index (χ3v) is 2.36. The molecule has 1 aromatic heterocycles. The molecule has 0 aliphatic carbocycles. The number of halogens is 2. The Balaban J connectivity index is 2.88. The molecule has 4 heteroatoms. The number of hydrogen-bond acceptors (Lipinski definition) is 2. The molecule has 2 N–H and O–H groups in total. The van der Waals surface area contributed by atoms with Crippen LogP contribution in [-0.2, 0) is 0 Å². The highest BCUT2D eigenvalue weighted by Crippen LogP contribution is 2.24. The van der Waals surface area contributed by atoms with E-state index in [1.807, 2.05) is 6.07 Å². The van der Waals surface area contributed by atoms with E-state index in [2.05, 4.69) is 11.9 Å². The van der Waals surface area contributed by atoms with Gasteiger partial charge in [0.25, 0.3) is 0 Å². The van der Waals surface area contributed by atoms with E-state index in [0.717, 1.165) is 18.4 Å². The van der Waals surface area contributed by atoms with Crippen molar-refractivity contribution in [3.05, 3.63) is 28.0 Å². The average molecular weight is 219 g/mol. The Bertz CT molecular complexity index is 289. The van der Waals surface area contributed by atoms with Crippen LogP contribution in [0.4, 0.5) is 0 Å². The molecule has 0 saturated carbocycles. The van der Waals surface area contributed by atoms with Crippen LogP contribution in [0.3, 0.4) is 0 Å². The standard InChI is InChI=1S/C9H12Cl2N2/c1-2-3-7(12)6-4-5-8(10)13-9(6)11/h4-5,7H,2-3,12H2,1H3/t7-/m0/s1. The summed E-state index contributed by atoms with van der Waals surface area (Å²) < 4.78 is 0. The predicted molar refractivity (Wildman–Crippen MR) is 56.1 cm³/mol. The fraction of sp³-hybridized carbons (Fsp3) is 0.444. The number of nitrogens with two attached hydrogens (primary N) is 1. The van der Waals surface area contributed by atoms with Crippen LogP contribution >= 0.6 is 23.2 Å². The van der Waals surface area contributed by atoms with E-state index in [1.54, 1.807) is 6.07 Å². The molecular formula is C9H12Cl2N2. The van der Waals surface area contributed by atoms with E-state index in [1.165, 1.54) is 0 Å². The Kier molecular flexibility index (Phi) is 3.97. The minimum Gasteiger partial charge on any atom is -0.324 e. The maximum absolute atomic E-state index is 5.89. The Morgan fingerprint density at radius 3 is 2.69 bits per heavy atom. The summed E-state index contributed by atoms with van der Waals surface area (Å²) in [5, 5.41) is 0.811. The largest absolute Gasteiger partial charge is 0.324 e. The van der Waals surface area contributed by atoms with Gasteiger partial charge in [0.2, 0.25) is 0 Å². The molecule has 2 nitrogen and oxygen atoms in total. The molecule has 0 fully saturated rings. The summed E-state index contributed by atoms with van der Waals surface area (Å²) >= 11 is 11.5. The predicted octanol–water partition coefficient (Wildman–Crippen LogP) is 3.19. The first kappa shape index (κ1) is 10.8. The van der Waals surface area contributed by atoms with Gasteiger partial charge in [-0.1, -0.05) is 42.6 Å². The Labute approximate surface area is 88.1 Å². The van der Waals surface area contributed by atoms with Gasteiger partial charge in [-0.05, 0) is 12.5 Å². The molecule has 0 unspecified atom stereocenters. The monoisotopic (exact) mass is 218 g/mol. The van der Waals surface area contributed by atoms with Crippen LogP contribution in [-0.4, -0.2) is 4.98 Å². The molecule has 72 valence electrons. The fourth-order valence-corrected chi connectivity index (χ4v) is 1.65. The number of aromatic nitrogens is 1. The highest BCUT2D eigenvalue weighted by Gasteiger charge is 2.10. The van der Waals surface area contributed by atoms with Crippen molar-refractivity contribution in [2.24, 2.45) is 5.73 Å². The van der Waals surface area contributed by atoms with Gasteiger partial charge in [-0.15, -0.1) is 0 Å². The third-order valence-electron chi connectivity index (χ3n) is 1.84. The van der Waals surface area contributed by atoms with Crippen molar-refractivity contribution in [3.8, 4) is 0 Å². The third kappa shape index (κ3) is 2.83. The minimum absolute atomic E-state index is 0.0396. The summed E-state index contributed by atoms with van der Waals surface area (Å²) in [6, 6.07) is 3.50. The van der Waals surface area contributed by atoms with Crippen molar-refractivity contribution in [2.75, 3.05) is 0 Å². The lowest BCUT2D eigenvalue weighted by atomic mass is 10.1. The first-order chi connectivity index (χ1) is 6.15. The second kappa shape index (κ2) is 4.80. The molecule has 1 heterocycles. The maximum Gasteiger partial charge on any atom is 0.135 e. The zero-order chi connectivity index (χ0) is 9.84. The van der Waals surface area contributed by atoms with E-state index in [0.29, 0.717) is 10.3 Å². The average Bonchev–Trinajstić information content (AvgIpc) is 2.04. The van der Waals surface area contributed by atoms with Gasteiger partial charge in [-0.3, -0.25) is 0 Å². The summed E-state index contributed by atoms with van der Waals surface area (Å²) in [5.41, 5.74) is 6.76. The highest BCUT2D eigenvalue weighted by molar-refractivity contribution is 6.32. The van der Waals surface area contributed by atoms with Crippen LogP contribution in [0.15, 0.2) is 12.1 Å². The van der Waals surface area contributed by atoms with Gasteiger partial charge in [0, 0.05) is 11.6 Å². The topological polar surface area (TPSA) is 38.9 Å². The molecule has 1 aromatic rings. The van der Waals surface area contributed by atoms with E-state index < -0.39 is 0 Å². The van der Waals surface area contributed by atoms with Crippen molar-refractivity contribution < 1.29 is 0 Å². The molecular weight excluding hydrogens is 207 g/mol. The smallest absolute Gasteiger partial charge is 0.135 e. The normalized spacial score (nSPS) is 12.9. The lowest BCUT2D eigenvalue weighted by molar-refractivity contribution is 0.636. The van der Waals surface area contributed by atoms with Gasteiger partial charge in [-0.25, -0.2) is 4.98 Å². The minimum atomic E-state index is -0.0396. The Hall–Kier alpha value is -0.310. The fourth-order valence-electron chi connectivity index (χ4n) is 1.17. The maximum atomic E-state index is 5.89. The molecule has 13 heavy (non-hydrogen) atoms. The zero-order valence-corrected chi connectivity index (χ0v) is 8.94. The van der Waals surface area contributed by atoms with E-state index in [4.69, 9.17) is 28.9 Å². The molecule has 0 saturated heterocycles. The van der Waals surface area contributed by atoms with Crippen molar-refractivity contribution in [1.82, 2.24) is 4.98 Å². The zero-order valence-electron chi connectivity index (χ0n) is 7.43. The quantitative estimate of drug-likeness (QED) is 0.793. The summed E-state index contributed by atoms with van der Waals surface area (Å²) in [4.78, 5) is 3.93. The molecule has 1 atom stereocenters. The molecule has 0 aliphatic heterocycles. The molecule has 0 aromatic carbocycles. The van der Waals surface area contributed by atoms with E-state index in [9.17, 15) is 0 Å². The SMILES string of the molecule is CCC[C@H](N)c1ccc(Cl)nc1Cl. The van der Waals surface area contributed by atoms with Crippen molar-refractivity contribution >= 4 is 23.2 Å². The van der Waals surface area contributed by atoms with Gasteiger partial charge in [-0.2, -0.15) is 0 Å². The van der Waals surface area contributed by atoms with Gasteiger partial charge in [0.1, 0.15) is 10.3 Å². The molecule has 1 rings (SSSR count). The van der Waals surface area contributed by atoms with Gasteiger partial charge in [0.05, 0.1) is 0 Å². The summed E-state index contributed by atoms with van der Waals surface area (Å²) in [6.45, 7) is 2.08. The van der Waals surface area contributed by atoms with Crippen molar-refractivity contribution in [2.45, 2.75) is 25.8 Å². The highest BCUT2D eigenvalue weighted by atomic mass is 35.5. The summed E-state index contributed by atoms with van der Waals surface area (Å²) in [7, 11) is 0. The van der Waals surface area contributed by atoms with Gasteiger partial charge >= 0.3 is 0 Å². The number of nitrogens with zero attached hydrogens (tertiary/aromatic N) is 1. The molecule has 0 aliphatic rings. The van der Waals surface area contributed by atoms with Crippen LogP contribution in [0.25, 0.3) is 0 Å². The van der Waals surface area contributed by atoms with Crippen LogP contribution in [0.5, 0.6) is 0 Å². The molecule has 0 amide bonds. The second-order valence-corrected chi connectivity index (χ2v) is 3.65.